The number of carbonyl (C=O) groups is 1. The Labute approximate surface area is 99.2 Å². The second-order valence-electron chi connectivity index (χ2n) is 4.22. The lowest BCUT2D eigenvalue weighted by Crippen LogP contribution is -2.46. The standard InChI is InChI=1S/C11H17NO3S/c1-7-4-5-8(15-7)6-16-11(2,3)9(12)10(13)14/h4-5,9H,6,12H2,1-3H3,(H,13,14)/t9-/m0/s1. The van der Waals surface area contributed by atoms with Gasteiger partial charge in [0.15, 0.2) is 0 Å². The molecule has 1 aromatic heterocycles. The van der Waals surface area contributed by atoms with Crippen LogP contribution in [0.1, 0.15) is 25.4 Å². The molecular formula is C11H17NO3S. The fraction of sp³-hybridized carbons (Fsp3) is 0.545. The molecule has 0 saturated carbocycles. The minimum atomic E-state index is -0.979. The number of nitrogens with two attached hydrogens (primary N) is 1. The number of aryl methyl sites for hydroxylation is 1. The van der Waals surface area contributed by atoms with Crippen LogP contribution >= 0.6 is 11.8 Å². The maximum Gasteiger partial charge on any atom is 0.321 e. The molecule has 1 rings (SSSR count). The third-order valence-corrected chi connectivity index (χ3v) is 3.82. The Morgan fingerprint density at radius 1 is 1.62 bits per heavy atom. The number of furan rings is 1. The molecule has 3 N–H and O–H groups in total. The molecule has 0 unspecified atom stereocenters. The first-order valence-corrected chi connectivity index (χ1v) is 5.99. The fourth-order valence-electron chi connectivity index (χ4n) is 1.21. The normalized spacial score (nSPS) is 13.8. The number of thioether (sulfide) groups is 1. The van der Waals surface area contributed by atoms with Gasteiger partial charge in [-0.25, -0.2) is 0 Å². The van der Waals surface area contributed by atoms with Gasteiger partial charge < -0.3 is 15.3 Å². The first kappa shape index (κ1) is 13.1. The maximum absolute atomic E-state index is 10.8. The molecule has 0 saturated heterocycles. The number of rotatable bonds is 5. The number of carboxylic acid groups (broad SMARTS) is 1. The van der Waals surface area contributed by atoms with Crippen LogP contribution in [0.15, 0.2) is 16.5 Å². The van der Waals surface area contributed by atoms with Crippen molar-refractivity contribution in [3.8, 4) is 0 Å². The van der Waals surface area contributed by atoms with Crippen LogP contribution in [0.5, 0.6) is 0 Å². The number of hydrogen-bond donors (Lipinski definition) is 2. The van der Waals surface area contributed by atoms with Crippen LogP contribution < -0.4 is 5.73 Å². The molecule has 0 spiro atoms. The third kappa shape index (κ3) is 3.28. The van der Waals surface area contributed by atoms with E-state index in [4.69, 9.17) is 15.3 Å². The van der Waals surface area contributed by atoms with E-state index >= 15 is 0 Å². The van der Waals surface area contributed by atoms with Gasteiger partial charge in [0.2, 0.25) is 0 Å². The summed E-state index contributed by atoms with van der Waals surface area (Å²) in [5, 5.41) is 8.86. The summed E-state index contributed by atoms with van der Waals surface area (Å²) in [7, 11) is 0. The Hall–Kier alpha value is -0.940. The van der Waals surface area contributed by atoms with Crippen LogP contribution in [0.3, 0.4) is 0 Å². The van der Waals surface area contributed by atoms with Gasteiger partial charge in [-0.1, -0.05) is 0 Å². The average Bonchev–Trinajstić information content (AvgIpc) is 2.60. The predicted molar refractivity (Wildman–Crippen MR) is 64.4 cm³/mol. The van der Waals surface area contributed by atoms with E-state index < -0.39 is 16.8 Å². The van der Waals surface area contributed by atoms with Crippen LogP contribution in [0.4, 0.5) is 0 Å². The van der Waals surface area contributed by atoms with Crippen LogP contribution in [0.25, 0.3) is 0 Å². The molecular weight excluding hydrogens is 226 g/mol. The van der Waals surface area contributed by atoms with Crippen LogP contribution in [0.2, 0.25) is 0 Å². The fourth-order valence-corrected chi connectivity index (χ4v) is 2.16. The zero-order chi connectivity index (χ0) is 12.3. The lowest BCUT2D eigenvalue weighted by atomic mass is 10.1. The number of hydrogen-bond acceptors (Lipinski definition) is 4. The smallest absolute Gasteiger partial charge is 0.321 e. The van der Waals surface area contributed by atoms with Crippen LogP contribution in [-0.4, -0.2) is 21.9 Å². The van der Waals surface area contributed by atoms with Gasteiger partial charge in [-0.15, -0.1) is 11.8 Å². The van der Waals surface area contributed by atoms with E-state index in [2.05, 4.69) is 0 Å². The summed E-state index contributed by atoms with van der Waals surface area (Å²) in [6.45, 7) is 5.53. The zero-order valence-corrected chi connectivity index (χ0v) is 10.5. The number of aliphatic carboxylic acids is 1. The topological polar surface area (TPSA) is 76.5 Å². The monoisotopic (exact) mass is 243 g/mol. The Morgan fingerprint density at radius 2 is 2.25 bits per heavy atom. The summed E-state index contributed by atoms with van der Waals surface area (Å²) in [5.74, 6) is 1.35. The average molecular weight is 243 g/mol. The molecule has 0 aliphatic carbocycles. The molecule has 1 aromatic rings. The Bertz CT molecular complexity index is 373. The van der Waals surface area contributed by atoms with Crippen LogP contribution in [-0.2, 0) is 10.5 Å². The zero-order valence-electron chi connectivity index (χ0n) is 9.69. The molecule has 1 heterocycles. The van der Waals surface area contributed by atoms with E-state index in [1.807, 2.05) is 32.9 Å². The Morgan fingerprint density at radius 3 is 2.69 bits per heavy atom. The van der Waals surface area contributed by atoms with Crippen molar-refractivity contribution in [3.05, 3.63) is 23.7 Å². The van der Waals surface area contributed by atoms with Crippen molar-refractivity contribution in [1.82, 2.24) is 0 Å². The van der Waals surface area contributed by atoms with E-state index in [-0.39, 0.29) is 0 Å². The summed E-state index contributed by atoms with van der Waals surface area (Å²) in [5.41, 5.74) is 5.61. The highest BCUT2D eigenvalue weighted by Gasteiger charge is 2.32. The minimum Gasteiger partial charge on any atom is -0.480 e. The van der Waals surface area contributed by atoms with Crippen molar-refractivity contribution in [1.29, 1.82) is 0 Å². The van der Waals surface area contributed by atoms with Gasteiger partial charge in [0, 0.05) is 4.75 Å². The lowest BCUT2D eigenvalue weighted by molar-refractivity contribution is -0.139. The van der Waals surface area contributed by atoms with Gasteiger partial charge >= 0.3 is 5.97 Å². The molecule has 0 fully saturated rings. The molecule has 1 atom stereocenters. The largest absolute Gasteiger partial charge is 0.480 e. The van der Waals surface area contributed by atoms with Crippen molar-refractivity contribution >= 4 is 17.7 Å². The third-order valence-electron chi connectivity index (χ3n) is 2.40. The SMILES string of the molecule is Cc1ccc(CSC(C)(C)[C@@H](N)C(=O)O)o1. The van der Waals surface area contributed by atoms with E-state index in [1.54, 1.807) is 0 Å². The van der Waals surface area contributed by atoms with E-state index in [0.29, 0.717) is 5.75 Å². The van der Waals surface area contributed by atoms with E-state index in [0.717, 1.165) is 11.5 Å². The first-order chi connectivity index (χ1) is 7.33. The summed E-state index contributed by atoms with van der Waals surface area (Å²) < 4.78 is 4.89. The molecule has 4 nitrogen and oxygen atoms in total. The highest BCUT2D eigenvalue weighted by Crippen LogP contribution is 2.31. The quantitative estimate of drug-likeness (QED) is 0.827. The van der Waals surface area contributed by atoms with Gasteiger partial charge in [0.1, 0.15) is 17.6 Å². The second-order valence-corrected chi connectivity index (χ2v) is 5.85. The minimum absolute atomic E-state index is 0.521. The van der Waals surface area contributed by atoms with Crippen LogP contribution in [0, 0.1) is 6.92 Å². The van der Waals surface area contributed by atoms with Crippen molar-refractivity contribution in [3.63, 3.8) is 0 Å². The predicted octanol–water partition coefficient (Wildman–Crippen LogP) is 2.01. The molecule has 16 heavy (non-hydrogen) atoms. The molecule has 0 aliphatic heterocycles. The molecule has 90 valence electrons. The van der Waals surface area contributed by atoms with Gasteiger partial charge in [-0.05, 0) is 32.9 Å². The molecule has 5 heteroatoms. The van der Waals surface area contributed by atoms with Crippen molar-refractivity contribution in [2.45, 2.75) is 37.3 Å². The summed E-state index contributed by atoms with van der Waals surface area (Å²) >= 11 is 1.48. The first-order valence-electron chi connectivity index (χ1n) is 5.00. The lowest BCUT2D eigenvalue weighted by Gasteiger charge is -2.27. The Balaban J connectivity index is 2.57. The summed E-state index contributed by atoms with van der Waals surface area (Å²) in [4.78, 5) is 10.8. The second kappa shape index (κ2) is 4.93. The molecule has 0 aromatic carbocycles. The van der Waals surface area contributed by atoms with E-state index in [1.165, 1.54) is 11.8 Å². The van der Waals surface area contributed by atoms with Crippen molar-refractivity contribution < 1.29 is 14.3 Å². The summed E-state index contributed by atoms with van der Waals surface area (Å²) in [6.07, 6.45) is 0. The van der Waals surface area contributed by atoms with Gasteiger partial charge in [0.25, 0.3) is 0 Å². The Kier molecular flexibility index (Phi) is 4.04. The van der Waals surface area contributed by atoms with Gasteiger partial charge in [-0.2, -0.15) is 0 Å². The molecule has 0 amide bonds. The highest BCUT2D eigenvalue weighted by molar-refractivity contribution is 7.99. The van der Waals surface area contributed by atoms with Crippen molar-refractivity contribution in [2.24, 2.45) is 5.73 Å². The highest BCUT2D eigenvalue weighted by atomic mass is 32.2. The number of carboxylic acids is 1. The molecule has 0 radical (unpaired) electrons. The molecule has 0 aliphatic rings. The van der Waals surface area contributed by atoms with Gasteiger partial charge in [0.05, 0.1) is 5.75 Å². The van der Waals surface area contributed by atoms with Crippen molar-refractivity contribution in [2.75, 3.05) is 0 Å². The molecule has 0 bridgehead atoms. The summed E-state index contributed by atoms with van der Waals surface area (Å²) in [6, 6.07) is 2.90. The maximum atomic E-state index is 10.8. The van der Waals surface area contributed by atoms with E-state index in [9.17, 15) is 4.79 Å². The van der Waals surface area contributed by atoms with Gasteiger partial charge in [-0.3, -0.25) is 4.79 Å².